The molecule has 0 unspecified atom stereocenters. The van der Waals surface area contributed by atoms with Gasteiger partial charge in [0.1, 0.15) is 18.2 Å². The average molecular weight is 434 g/mol. The highest BCUT2D eigenvalue weighted by Gasteiger charge is 2.34. The van der Waals surface area contributed by atoms with E-state index in [9.17, 15) is 19.5 Å². The van der Waals surface area contributed by atoms with E-state index in [2.05, 4.69) is 10.3 Å². The Morgan fingerprint density at radius 1 is 1.16 bits per heavy atom. The average Bonchev–Trinajstić information content (AvgIpc) is 3.30. The molecule has 1 aliphatic heterocycles. The molecule has 1 saturated heterocycles. The topological polar surface area (TPSA) is 124 Å². The van der Waals surface area contributed by atoms with Crippen LogP contribution in [-0.2, 0) is 19.1 Å². The molecule has 0 aromatic carbocycles. The third kappa shape index (κ3) is 5.65. The molecule has 1 amide bonds. The van der Waals surface area contributed by atoms with E-state index in [1.54, 1.807) is 6.92 Å². The van der Waals surface area contributed by atoms with Crippen LogP contribution in [0, 0.1) is 5.92 Å². The van der Waals surface area contributed by atoms with Crippen LogP contribution in [0.4, 0.5) is 0 Å². The van der Waals surface area contributed by atoms with Gasteiger partial charge in [0.2, 0.25) is 0 Å². The first-order valence-corrected chi connectivity index (χ1v) is 10.8. The van der Waals surface area contributed by atoms with Gasteiger partial charge in [0.05, 0.1) is 13.0 Å². The second kappa shape index (κ2) is 10.5. The molecule has 0 bridgehead atoms. The summed E-state index contributed by atoms with van der Waals surface area (Å²) in [4.78, 5) is 41.6. The van der Waals surface area contributed by atoms with Crippen molar-refractivity contribution in [2.45, 2.75) is 76.5 Å². The van der Waals surface area contributed by atoms with Gasteiger partial charge < -0.3 is 24.6 Å². The molecule has 170 valence electrons. The van der Waals surface area contributed by atoms with Crippen molar-refractivity contribution in [3.05, 3.63) is 18.0 Å². The number of cyclic esters (lactones) is 1. The zero-order chi connectivity index (χ0) is 22.4. The number of hydrogen-bond donors (Lipinski definition) is 2. The van der Waals surface area contributed by atoms with Gasteiger partial charge in [0.15, 0.2) is 17.2 Å². The maximum atomic E-state index is 12.7. The summed E-state index contributed by atoms with van der Waals surface area (Å²) >= 11 is 0. The van der Waals surface area contributed by atoms with E-state index in [-0.39, 0.29) is 23.3 Å². The first-order valence-electron chi connectivity index (χ1n) is 10.8. The molecular weight excluding hydrogens is 404 g/mol. The molecule has 1 aromatic rings. The number of aromatic nitrogens is 1. The number of ether oxygens (including phenoxy) is 3. The summed E-state index contributed by atoms with van der Waals surface area (Å²) in [5, 5.41) is 12.7. The second-order valence-corrected chi connectivity index (χ2v) is 8.12. The Morgan fingerprint density at radius 3 is 2.55 bits per heavy atom. The number of esters is 2. The second-order valence-electron chi connectivity index (χ2n) is 8.12. The summed E-state index contributed by atoms with van der Waals surface area (Å²) in [5.74, 6) is -1.87. The van der Waals surface area contributed by atoms with Gasteiger partial charge in [-0.3, -0.25) is 9.59 Å². The van der Waals surface area contributed by atoms with E-state index in [1.807, 2.05) is 0 Å². The summed E-state index contributed by atoms with van der Waals surface area (Å²) < 4.78 is 16.2. The number of carbonyl (C=O) groups is 3. The van der Waals surface area contributed by atoms with Crippen molar-refractivity contribution in [3.63, 3.8) is 0 Å². The molecule has 2 fully saturated rings. The maximum Gasteiger partial charge on any atom is 0.329 e. The molecule has 2 aliphatic rings. The lowest BCUT2D eigenvalue weighted by Gasteiger charge is -2.25. The predicted octanol–water partition coefficient (Wildman–Crippen LogP) is 2.50. The van der Waals surface area contributed by atoms with Crippen molar-refractivity contribution in [2.24, 2.45) is 5.92 Å². The minimum absolute atomic E-state index is 0.0643. The standard InChI is InChI=1S/C22H30N2O7/c1-13-16(31-21(27)14-7-3-4-8-14)10-6-5-9-15(22(28)30-13)24-20(26)18-19(25)17(29-2)11-12-23-18/h11-16,25H,3-10H2,1-2H3,(H,24,26)/t13-,15-,16+/m0/s1. The van der Waals surface area contributed by atoms with E-state index >= 15 is 0 Å². The minimum Gasteiger partial charge on any atom is -0.503 e. The van der Waals surface area contributed by atoms with Crippen molar-refractivity contribution < 1.29 is 33.7 Å². The number of nitrogens with zero attached hydrogens (tertiary/aromatic N) is 1. The van der Waals surface area contributed by atoms with Gasteiger partial charge >= 0.3 is 11.9 Å². The van der Waals surface area contributed by atoms with Crippen LogP contribution in [-0.4, -0.2) is 53.3 Å². The molecule has 3 atom stereocenters. The zero-order valence-electron chi connectivity index (χ0n) is 18.0. The van der Waals surface area contributed by atoms with Crippen molar-refractivity contribution in [1.29, 1.82) is 0 Å². The van der Waals surface area contributed by atoms with Crippen LogP contribution in [0.3, 0.4) is 0 Å². The number of hydrogen-bond acceptors (Lipinski definition) is 8. The van der Waals surface area contributed by atoms with E-state index in [4.69, 9.17) is 14.2 Å². The lowest BCUT2D eigenvalue weighted by molar-refractivity contribution is -0.170. The third-order valence-electron chi connectivity index (χ3n) is 5.93. The summed E-state index contributed by atoms with van der Waals surface area (Å²) in [5.41, 5.74) is -0.233. The number of pyridine rings is 1. The molecule has 0 radical (unpaired) electrons. The van der Waals surface area contributed by atoms with E-state index in [0.29, 0.717) is 19.3 Å². The molecule has 3 rings (SSSR count). The van der Waals surface area contributed by atoms with Gasteiger partial charge in [-0.1, -0.05) is 19.3 Å². The Kier molecular flexibility index (Phi) is 7.70. The summed E-state index contributed by atoms with van der Waals surface area (Å²) in [6.07, 6.45) is 6.28. The van der Waals surface area contributed by atoms with Gasteiger partial charge in [0.25, 0.3) is 5.91 Å². The third-order valence-corrected chi connectivity index (χ3v) is 5.93. The molecule has 2 heterocycles. The van der Waals surface area contributed by atoms with Crippen LogP contribution in [0.2, 0.25) is 0 Å². The van der Waals surface area contributed by atoms with E-state index in [0.717, 1.165) is 32.1 Å². The highest BCUT2D eigenvalue weighted by Crippen LogP contribution is 2.29. The Labute approximate surface area is 181 Å². The lowest BCUT2D eigenvalue weighted by atomic mass is 10.0. The van der Waals surface area contributed by atoms with Crippen molar-refractivity contribution >= 4 is 17.8 Å². The quantitative estimate of drug-likeness (QED) is 0.678. The van der Waals surface area contributed by atoms with Gasteiger partial charge in [-0.05, 0) is 39.0 Å². The molecular formula is C22H30N2O7. The van der Waals surface area contributed by atoms with Gasteiger partial charge in [-0.15, -0.1) is 0 Å². The SMILES string of the molecule is COc1ccnc(C(=O)N[C@H]2CCCC[C@@H](OC(=O)C3CCCC3)[C@H](C)OC2=O)c1O. The minimum atomic E-state index is -0.897. The maximum absolute atomic E-state index is 12.7. The Hall–Kier alpha value is -2.84. The summed E-state index contributed by atoms with van der Waals surface area (Å²) in [7, 11) is 1.36. The fourth-order valence-corrected chi connectivity index (χ4v) is 4.07. The Balaban J connectivity index is 1.63. The summed E-state index contributed by atoms with van der Waals surface area (Å²) in [6.45, 7) is 1.70. The Bertz CT molecular complexity index is 807. The predicted molar refractivity (Wildman–Crippen MR) is 110 cm³/mol. The highest BCUT2D eigenvalue weighted by molar-refractivity contribution is 5.97. The number of methoxy groups -OCH3 is 1. The number of aromatic hydroxyl groups is 1. The molecule has 1 aromatic heterocycles. The highest BCUT2D eigenvalue weighted by atomic mass is 16.6. The van der Waals surface area contributed by atoms with E-state index in [1.165, 1.54) is 19.4 Å². The smallest absolute Gasteiger partial charge is 0.329 e. The number of rotatable bonds is 5. The molecule has 1 aliphatic carbocycles. The van der Waals surface area contributed by atoms with Gasteiger partial charge in [-0.25, -0.2) is 9.78 Å². The largest absolute Gasteiger partial charge is 0.503 e. The Morgan fingerprint density at radius 2 is 1.84 bits per heavy atom. The summed E-state index contributed by atoms with van der Waals surface area (Å²) in [6, 6.07) is 0.529. The van der Waals surface area contributed by atoms with Crippen LogP contribution in [0.1, 0.15) is 68.8 Å². The monoisotopic (exact) mass is 434 g/mol. The first kappa shape index (κ1) is 22.8. The molecule has 0 spiro atoms. The van der Waals surface area contributed by atoms with Crippen molar-refractivity contribution in [3.8, 4) is 11.5 Å². The van der Waals surface area contributed by atoms with Crippen LogP contribution in [0.25, 0.3) is 0 Å². The van der Waals surface area contributed by atoms with Crippen molar-refractivity contribution in [2.75, 3.05) is 7.11 Å². The van der Waals surface area contributed by atoms with Crippen LogP contribution in [0.5, 0.6) is 11.5 Å². The van der Waals surface area contributed by atoms with Gasteiger partial charge in [-0.2, -0.15) is 0 Å². The number of amides is 1. The molecule has 9 heteroatoms. The van der Waals surface area contributed by atoms with E-state index < -0.39 is 35.9 Å². The molecule has 9 nitrogen and oxygen atoms in total. The van der Waals surface area contributed by atoms with Crippen LogP contribution >= 0.6 is 0 Å². The fraction of sp³-hybridized carbons (Fsp3) is 0.636. The zero-order valence-corrected chi connectivity index (χ0v) is 18.0. The molecule has 2 N–H and O–H groups in total. The van der Waals surface area contributed by atoms with Crippen LogP contribution in [0.15, 0.2) is 12.3 Å². The molecule has 31 heavy (non-hydrogen) atoms. The van der Waals surface area contributed by atoms with Gasteiger partial charge in [0, 0.05) is 12.3 Å². The van der Waals surface area contributed by atoms with Crippen molar-refractivity contribution in [1.82, 2.24) is 10.3 Å². The number of carbonyl (C=O) groups excluding carboxylic acids is 3. The lowest BCUT2D eigenvalue weighted by Crippen LogP contribution is -2.44. The van der Waals surface area contributed by atoms with Crippen LogP contribution < -0.4 is 10.1 Å². The number of nitrogens with one attached hydrogen (secondary N) is 1. The normalized spacial score (nSPS) is 25.0. The first-order chi connectivity index (χ1) is 14.9. The fourth-order valence-electron chi connectivity index (χ4n) is 4.07. The molecule has 1 saturated carbocycles.